The van der Waals surface area contributed by atoms with E-state index in [0.29, 0.717) is 5.41 Å². The van der Waals surface area contributed by atoms with Crippen LogP contribution in [0.3, 0.4) is 0 Å². The fraction of sp³-hybridized carbons (Fsp3) is 0.435. The Hall–Kier alpha value is -2.09. The number of para-hydroxylation sites is 1. The maximum atomic E-state index is 4.36. The van der Waals surface area contributed by atoms with Crippen LogP contribution in [0.1, 0.15) is 49.7 Å². The van der Waals surface area contributed by atoms with Crippen molar-refractivity contribution in [1.82, 2.24) is 0 Å². The van der Waals surface area contributed by atoms with E-state index in [2.05, 4.69) is 34.8 Å². The van der Waals surface area contributed by atoms with E-state index in [1.807, 2.05) is 36.5 Å². The van der Waals surface area contributed by atoms with E-state index in [1.165, 1.54) is 38.5 Å². The molecule has 0 spiro atoms. The summed E-state index contributed by atoms with van der Waals surface area (Å²) in [6.45, 7) is 0. The van der Waals surface area contributed by atoms with Crippen molar-refractivity contribution in [3.05, 3.63) is 65.7 Å². The molecule has 2 aromatic rings. The minimum Gasteiger partial charge on any atom is -0.279 e. The molecular formula is C23H26N2. The quantitative estimate of drug-likeness (QED) is 0.572. The van der Waals surface area contributed by atoms with Gasteiger partial charge in [0.25, 0.3) is 0 Å². The van der Waals surface area contributed by atoms with Gasteiger partial charge in [-0.15, -0.1) is 0 Å². The SMILES string of the molecule is C(=N/Nc1ccccc1)/c1ccc(C23CC4CC(CC(C4)C2)C3)cc1. The number of hydrazone groups is 1. The molecule has 6 rings (SSSR count). The third-order valence-corrected chi connectivity index (χ3v) is 6.74. The molecule has 0 radical (unpaired) electrons. The third-order valence-electron chi connectivity index (χ3n) is 6.74. The minimum atomic E-state index is 0.493. The molecule has 4 aliphatic carbocycles. The Morgan fingerprint density at radius 1 is 0.800 bits per heavy atom. The molecule has 0 amide bonds. The lowest BCUT2D eigenvalue weighted by molar-refractivity contribution is -0.00518. The van der Waals surface area contributed by atoms with Gasteiger partial charge in [0, 0.05) is 0 Å². The van der Waals surface area contributed by atoms with Crippen LogP contribution in [0.15, 0.2) is 59.7 Å². The highest BCUT2D eigenvalue weighted by Crippen LogP contribution is 2.60. The highest BCUT2D eigenvalue weighted by Gasteiger charge is 2.51. The summed E-state index contributed by atoms with van der Waals surface area (Å²) in [4.78, 5) is 0. The van der Waals surface area contributed by atoms with Crippen molar-refractivity contribution in [2.75, 3.05) is 5.43 Å². The van der Waals surface area contributed by atoms with E-state index in [9.17, 15) is 0 Å². The predicted molar refractivity (Wildman–Crippen MR) is 104 cm³/mol. The molecule has 0 heterocycles. The van der Waals surface area contributed by atoms with Gasteiger partial charge in [-0.3, -0.25) is 5.43 Å². The lowest BCUT2D eigenvalue weighted by atomic mass is 9.48. The number of benzene rings is 2. The van der Waals surface area contributed by atoms with E-state index < -0.39 is 0 Å². The normalized spacial score (nSPS) is 33.0. The topological polar surface area (TPSA) is 24.4 Å². The summed E-state index contributed by atoms with van der Waals surface area (Å²) in [7, 11) is 0. The van der Waals surface area contributed by atoms with Crippen LogP contribution in [0.5, 0.6) is 0 Å². The van der Waals surface area contributed by atoms with Crippen LogP contribution in [0.4, 0.5) is 5.69 Å². The van der Waals surface area contributed by atoms with Gasteiger partial charge < -0.3 is 0 Å². The Morgan fingerprint density at radius 2 is 1.40 bits per heavy atom. The number of nitrogens with one attached hydrogen (secondary N) is 1. The number of hydrogen-bond acceptors (Lipinski definition) is 2. The second-order valence-corrected chi connectivity index (χ2v) is 8.56. The summed E-state index contributed by atoms with van der Waals surface area (Å²) in [6, 6.07) is 19.3. The maximum Gasteiger partial charge on any atom is 0.0561 e. The molecule has 0 saturated heterocycles. The van der Waals surface area contributed by atoms with Gasteiger partial charge in [0.1, 0.15) is 0 Å². The number of rotatable bonds is 4. The van der Waals surface area contributed by atoms with Crippen LogP contribution in [-0.2, 0) is 5.41 Å². The first kappa shape index (κ1) is 15.2. The third kappa shape index (κ3) is 2.88. The molecule has 0 atom stereocenters. The summed E-state index contributed by atoms with van der Waals surface area (Å²) >= 11 is 0. The molecule has 0 aromatic heterocycles. The van der Waals surface area contributed by atoms with Crippen molar-refractivity contribution in [2.45, 2.75) is 43.9 Å². The molecule has 4 bridgehead atoms. The highest BCUT2D eigenvalue weighted by molar-refractivity contribution is 5.80. The van der Waals surface area contributed by atoms with Crippen molar-refractivity contribution in [1.29, 1.82) is 0 Å². The number of hydrogen-bond donors (Lipinski definition) is 1. The van der Waals surface area contributed by atoms with E-state index in [4.69, 9.17) is 0 Å². The van der Waals surface area contributed by atoms with Crippen LogP contribution in [0.25, 0.3) is 0 Å². The second kappa shape index (κ2) is 6.01. The first-order valence-electron chi connectivity index (χ1n) is 9.74. The Morgan fingerprint density at radius 3 is 2.00 bits per heavy atom. The first-order chi connectivity index (χ1) is 12.3. The van der Waals surface area contributed by atoms with Crippen LogP contribution in [0.2, 0.25) is 0 Å². The molecule has 0 unspecified atom stereocenters. The van der Waals surface area contributed by atoms with Crippen molar-refractivity contribution < 1.29 is 0 Å². The van der Waals surface area contributed by atoms with Gasteiger partial charge in [-0.1, -0.05) is 42.5 Å². The van der Waals surface area contributed by atoms with Crippen LogP contribution in [-0.4, -0.2) is 6.21 Å². The monoisotopic (exact) mass is 330 g/mol. The standard InChI is InChI=1S/C23H26N2/c1-2-4-22(5-3-1)25-24-16-17-6-8-21(9-7-17)23-13-18-10-19(14-23)12-20(11-18)15-23/h1-9,16,18-20,25H,10-15H2/b24-16-. The zero-order valence-corrected chi connectivity index (χ0v) is 14.7. The Balaban J connectivity index is 1.31. The van der Waals surface area contributed by atoms with E-state index in [1.54, 1.807) is 5.56 Å². The Labute approximate surface area is 150 Å². The van der Waals surface area contributed by atoms with Gasteiger partial charge >= 0.3 is 0 Å². The molecule has 4 aliphatic rings. The minimum absolute atomic E-state index is 0.493. The van der Waals surface area contributed by atoms with Crippen molar-refractivity contribution in [3.8, 4) is 0 Å². The van der Waals surface area contributed by atoms with E-state index in [0.717, 1.165) is 29.0 Å². The zero-order valence-electron chi connectivity index (χ0n) is 14.7. The molecule has 0 aliphatic heterocycles. The molecule has 2 aromatic carbocycles. The molecule has 4 saturated carbocycles. The van der Waals surface area contributed by atoms with Crippen LogP contribution < -0.4 is 5.43 Å². The fourth-order valence-electron chi connectivity index (χ4n) is 6.08. The zero-order chi connectivity index (χ0) is 16.7. The van der Waals surface area contributed by atoms with E-state index in [-0.39, 0.29) is 0 Å². The van der Waals surface area contributed by atoms with Crippen LogP contribution in [0, 0.1) is 17.8 Å². The molecule has 1 N–H and O–H groups in total. The molecule has 128 valence electrons. The summed E-state index contributed by atoms with van der Waals surface area (Å²) < 4.78 is 0. The van der Waals surface area contributed by atoms with Crippen molar-refractivity contribution in [2.24, 2.45) is 22.9 Å². The van der Waals surface area contributed by atoms with Gasteiger partial charge in [-0.25, -0.2) is 0 Å². The molecular weight excluding hydrogens is 304 g/mol. The highest BCUT2D eigenvalue weighted by atomic mass is 15.3. The average Bonchev–Trinajstić information content (AvgIpc) is 2.62. The summed E-state index contributed by atoms with van der Waals surface area (Å²) in [6.07, 6.45) is 10.7. The number of anilines is 1. The lowest BCUT2D eigenvalue weighted by Crippen LogP contribution is -2.48. The van der Waals surface area contributed by atoms with Crippen molar-refractivity contribution in [3.63, 3.8) is 0 Å². The largest absolute Gasteiger partial charge is 0.279 e. The smallest absolute Gasteiger partial charge is 0.0561 e. The molecule has 25 heavy (non-hydrogen) atoms. The van der Waals surface area contributed by atoms with Gasteiger partial charge in [0.2, 0.25) is 0 Å². The number of nitrogens with zero attached hydrogens (tertiary/aromatic N) is 1. The maximum absolute atomic E-state index is 4.36. The molecule has 4 fully saturated rings. The Bertz CT molecular complexity index is 725. The summed E-state index contributed by atoms with van der Waals surface area (Å²) in [5.41, 5.74) is 7.34. The molecule has 2 heteroatoms. The van der Waals surface area contributed by atoms with Crippen LogP contribution >= 0.6 is 0 Å². The average molecular weight is 330 g/mol. The van der Waals surface area contributed by atoms with Crippen molar-refractivity contribution >= 4 is 11.9 Å². The lowest BCUT2D eigenvalue weighted by Gasteiger charge is -2.57. The van der Waals surface area contributed by atoms with Gasteiger partial charge in [0.05, 0.1) is 11.9 Å². The summed E-state index contributed by atoms with van der Waals surface area (Å²) in [5, 5.41) is 4.36. The summed E-state index contributed by atoms with van der Waals surface area (Å²) in [5.74, 6) is 3.01. The first-order valence-corrected chi connectivity index (χ1v) is 9.74. The second-order valence-electron chi connectivity index (χ2n) is 8.56. The fourth-order valence-corrected chi connectivity index (χ4v) is 6.08. The van der Waals surface area contributed by atoms with Gasteiger partial charge in [-0.2, -0.15) is 5.10 Å². The Kier molecular flexibility index (Phi) is 3.65. The van der Waals surface area contributed by atoms with Gasteiger partial charge in [-0.05, 0) is 85.0 Å². The van der Waals surface area contributed by atoms with E-state index >= 15 is 0 Å². The predicted octanol–water partition coefficient (Wildman–Crippen LogP) is 5.60. The molecule has 2 nitrogen and oxygen atoms in total. The van der Waals surface area contributed by atoms with Gasteiger partial charge in [0.15, 0.2) is 0 Å².